The van der Waals surface area contributed by atoms with E-state index in [2.05, 4.69) is 5.32 Å². The third kappa shape index (κ3) is 5.72. The second kappa shape index (κ2) is 9.75. The van der Waals surface area contributed by atoms with E-state index in [4.69, 9.17) is 14.2 Å². The van der Waals surface area contributed by atoms with Crippen molar-refractivity contribution in [3.63, 3.8) is 0 Å². The van der Waals surface area contributed by atoms with E-state index < -0.39 is 5.97 Å². The molecule has 2 aromatic rings. The molecule has 0 spiro atoms. The van der Waals surface area contributed by atoms with Gasteiger partial charge < -0.3 is 24.6 Å². The van der Waals surface area contributed by atoms with Gasteiger partial charge in [0.25, 0.3) is 5.91 Å². The van der Waals surface area contributed by atoms with E-state index in [0.717, 1.165) is 0 Å². The molecule has 2 rings (SSSR count). The van der Waals surface area contributed by atoms with Crippen molar-refractivity contribution in [3.05, 3.63) is 53.1 Å². The molecule has 0 saturated heterocycles. The zero-order chi connectivity index (χ0) is 20.7. The van der Waals surface area contributed by atoms with Gasteiger partial charge in [-0.25, -0.2) is 4.79 Å². The summed E-state index contributed by atoms with van der Waals surface area (Å²) in [5.74, 6) is -0.104. The highest BCUT2D eigenvalue weighted by Crippen LogP contribution is 2.29. The first-order chi connectivity index (χ1) is 13.3. The molecule has 28 heavy (non-hydrogen) atoms. The Hall–Kier alpha value is -3.06. The lowest BCUT2D eigenvalue weighted by atomic mass is 10.1. The van der Waals surface area contributed by atoms with E-state index in [1.165, 1.54) is 26.4 Å². The highest BCUT2D eigenvalue weighted by molar-refractivity contribution is 6.05. The molecule has 0 atom stereocenters. The summed E-state index contributed by atoms with van der Waals surface area (Å²) in [6.45, 7) is 4.85. The molecule has 150 valence electrons. The van der Waals surface area contributed by atoms with Crippen molar-refractivity contribution in [2.45, 2.75) is 20.5 Å². The first kappa shape index (κ1) is 21.2. The number of hydrogen-bond donors (Lipinski definition) is 2. The minimum absolute atomic E-state index is 0.0693. The topological polar surface area (TPSA) is 94.1 Å². The second-order valence-corrected chi connectivity index (χ2v) is 6.68. The molecule has 0 bridgehead atoms. The molecule has 0 aromatic heterocycles. The van der Waals surface area contributed by atoms with Crippen LogP contribution in [0.2, 0.25) is 0 Å². The van der Waals surface area contributed by atoms with Crippen LogP contribution in [0.1, 0.15) is 40.1 Å². The Balaban J connectivity index is 2.23. The maximum atomic E-state index is 12.6. The first-order valence-corrected chi connectivity index (χ1v) is 8.82. The summed E-state index contributed by atoms with van der Waals surface area (Å²) < 4.78 is 16.1. The van der Waals surface area contributed by atoms with Gasteiger partial charge in [-0.3, -0.25) is 4.79 Å². The zero-order valence-electron chi connectivity index (χ0n) is 16.4. The summed E-state index contributed by atoms with van der Waals surface area (Å²) in [5, 5.41) is 12.0. The van der Waals surface area contributed by atoms with E-state index in [9.17, 15) is 14.7 Å². The van der Waals surface area contributed by atoms with Crippen molar-refractivity contribution < 1.29 is 28.9 Å². The fourth-order valence-corrected chi connectivity index (χ4v) is 2.53. The maximum Gasteiger partial charge on any atom is 0.335 e. The number of benzene rings is 2. The number of carboxylic acid groups (broad SMARTS) is 1. The Morgan fingerprint density at radius 3 is 2.39 bits per heavy atom. The Bertz CT molecular complexity index is 847. The Labute approximate surface area is 164 Å². The van der Waals surface area contributed by atoms with Gasteiger partial charge in [-0.1, -0.05) is 13.8 Å². The summed E-state index contributed by atoms with van der Waals surface area (Å²) in [6, 6.07) is 9.47. The lowest BCUT2D eigenvalue weighted by Gasteiger charge is -2.14. The highest BCUT2D eigenvalue weighted by Gasteiger charge is 2.14. The summed E-state index contributed by atoms with van der Waals surface area (Å²) >= 11 is 0. The van der Waals surface area contributed by atoms with E-state index in [0.29, 0.717) is 40.8 Å². The fourth-order valence-electron chi connectivity index (χ4n) is 2.53. The fraction of sp³-hybridized carbons (Fsp3) is 0.333. The Morgan fingerprint density at radius 2 is 1.79 bits per heavy atom. The van der Waals surface area contributed by atoms with Crippen LogP contribution in [0.3, 0.4) is 0 Å². The largest absolute Gasteiger partial charge is 0.493 e. The minimum atomic E-state index is -1.08. The molecular weight excluding hydrogens is 362 g/mol. The molecule has 0 unspecified atom stereocenters. The minimum Gasteiger partial charge on any atom is -0.493 e. The quantitative estimate of drug-likeness (QED) is 0.679. The van der Waals surface area contributed by atoms with Crippen molar-refractivity contribution in [1.82, 2.24) is 0 Å². The van der Waals surface area contributed by atoms with Crippen LogP contribution in [0, 0.1) is 5.92 Å². The van der Waals surface area contributed by atoms with Gasteiger partial charge in [0, 0.05) is 18.4 Å². The predicted molar refractivity (Wildman–Crippen MR) is 105 cm³/mol. The summed E-state index contributed by atoms with van der Waals surface area (Å²) in [4.78, 5) is 23.9. The number of ether oxygens (including phenoxy) is 3. The monoisotopic (exact) mass is 387 g/mol. The zero-order valence-corrected chi connectivity index (χ0v) is 16.4. The number of rotatable bonds is 9. The molecule has 0 radical (unpaired) electrons. The van der Waals surface area contributed by atoms with Crippen LogP contribution in [-0.2, 0) is 11.3 Å². The number of carbonyl (C=O) groups is 2. The molecule has 0 aliphatic carbocycles. The number of nitrogens with one attached hydrogen (secondary N) is 1. The molecule has 0 aliphatic rings. The maximum absolute atomic E-state index is 12.6. The normalized spacial score (nSPS) is 10.6. The number of methoxy groups -OCH3 is 2. The molecule has 0 fully saturated rings. The van der Waals surface area contributed by atoms with Crippen molar-refractivity contribution >= 4 is 17.6 Å². The van der Waals surface area contributed by atoms with E-state index >= 15 is 0 Å². The number of anilines is 1. The number of carboxylic acids is 1. The van der Waals surface area contributed by atoms with Crippen LogP contribution in [0.4, 0.5) is 5.69 Å². The van der Waals surface area contributed by atoms with Crippen molar-refractivity contribution in [1.29, 1.82) is 0 Å². The van der Waals surface area contributed by atoms with Crippen LogP contribution in [0.5, 0.6) is 11.5 Å². The molecule has 0 aliphatic heterocycles. The van der Waals surface area contributed by atoms with Crippen molar-refractivity contribution in [2.75, 3.05) is 26.1 Å². The summed E-state index contributed by atoms with van der Waals surface area (Å²) in [5.41, 5.74) is 1.45. The van der Waals surface area contributed by atoms with E-state index in [1.807, 2.05) is 13.8 Å². The molecule has 1 amide bonds. The van der Waals surface area contributed by atoms with Crippen LogP contribution in [0.15, 0.2) is 36.4 Å². The molecule has 7 nitrogen and oxygen atoms in total. The molecule has 7 heteroatoms. The number of aromatic carboxylic acids is 1. The van der Waals surface area contributed by atoms with Crippen molar-refractivity contribution in [2.24, 2.45) is 5.92 Å². The lowest BCUT2D eigenvalue weighted by molar-refractivity contribution is 0.0696. The summed E-state index contributed by atoms with van der Waals surface area (Å²) in [6.07, 6.45) is 0. The number of hydrogen-bond acceptors (Lipinski definition) is 5. The Kier molecular flexibility index (Phi) is 7.40. The average molecular weight is 387 g/mol. The van der Waals surface area contributed by atoms with Gasteiger partial charge in [0.2, 0.25) is 0 Å². The number of amides is 1. The summed E-state index contributed by atoms with van der Waals surface area (Å²) in [7, 11) is 3.02. The van der Waals surface area contributed by atoms with Crippen LogP contribution in [0.25, 0.3) is 0 Å². The van der Waals surface area contributed by atoms with Gasteiger partial charge in [-0.15, -0.1) is 0 Å². The molecular formula is C21H25NO6. The van der Waals surface area contributed by atoms with Gasteiger partial charge in [0.15, 0.2) is 11.5 Å². The molecule has 0 saturated carbocycles. The van der Waals surface area contributed by atoms with Crippen molar-refractivity contribution in [3.8, 4) is 11.5 Å². The number of carbonyl (C=O) groups excluding carboxylic acids is 1. The van der Waals surface area contributed by atoms with Gasteiger partial charge in [-0.2, -0.15) is 0 Å². The first-order valence-electron chi connectivity index (χ1n) is 8.82. The second-order valence-electron chi connectivity index (χ2n) is 6.68. The third-order valence-corrected chi connectivity index (χ3v) is 3.81. The van der Waals surface area contributed by atoms with Gasteiger partial charge in [0.1, 0.15) is 0 Å². The van der Waals surface area contributed by atoms with Gasteiger partial charge in [-0.05, 0) is 47.9 Å². The van der Waals surface area contributed by atoms with Crippen LogP contribution >= 0.6 is 0 Å². The predicted octanol–water partition coefficient (Wildman–Crippen LogP) is 3.83. The standard InChI is InChI=1S/C21H25NO6/c1-13(2)11-28-18-6-5-15(10-19(18)27-4)20(23)22-17-8-14(12-26-3)7-16(9-17)21(24)25/h5-10,13H,11-12H2,1-4H3,(H,22,23)(H,24,25). The van der Waals surface area contributed by atoms with E-state index in [-0.39, 0.29) is 18.1 Å². The van der Waals surface area contributed by atoms with Gasteiger partial charge in [0.05, 0.1) is 25.9 Å². The molecule has 0 heterocycles. The molecule has 2 N–H and O–H groups in total. The highest BCUT2D eigenvalue weighted by atomic mass is 16.5. The SMILES string of the molecule is COCc1cc(NC(=O)c2ccc(OCC(C)C)c(OC)c2)cc(C(=O)O)c1. The van der Waals surface area contributed by atoms with E-state index in [1.54, 1.807) is 24.3 Å². The van der Waals surface area contributed by atoms with Crippen LogP contribution in [-0.4, -0.2) is 37.8 Å². The smallest absolute Gasteiger partial charge is 0.335 e. The van der Waals surface area contributed by atoms with Crippen LogP contribution < -0.4 is 14.8 Å². The third-order valence-electron chi connectivity index (χ3n) is 3.81. The lowest BCUT2D eigenvalue weighted by Crippen LogP contribution is -2.13. The van der Waals surface area contributed by atoms with Gasteiger partial charge >= 0.3 is 5.97 Å². The molecule has 2 aromatic carbocycles. The Morgan fingerprint density at radius 1 is 1.04 bits per heavy atom. The average Bonchev–Trinajstić information content (AvgIpc) is 2.66.